The van der Waals surface area contributed by atoms with Crippen LogP contribution in [0.2, 0.25) is 0 Å². The molecule has 1 N–H and O–H groups in total. The van der Waals surface area contributed by atoms with E-state index < -0.39 is 0 Å². The fourth-order valence-corrected chi connectivity index (χ4v) is 2.70. The van der Waals surface area contributed by atoms with E-state index >= 15 is 0 Å². The van der Waals surface area contributed by atoms with Gasteiger partial charge in [-0.2, -0.15) is 0 Å². The van der Waals surface area contributed by atoms with Crippen molar-refractivity contribution in [3.05, 3.63) is 60.2 Å². The molecular formula is C18H24Cl2N2O. The molecule has 1 aliphatic heterocycles. The van der Waals surface area contributed by atoms with Crippen LogP contribution in [0.4, 0.5) is 5.69 Å². The summed E-state index contributed by atoms with van der Waals surface area (Å²) in [5.41, 5.74) is 2.47. The Morgan fingerprint density at radius 2 is 1.74 bits per heavy atom. The fourth-order valence-electron chi connectivity index (χ4n) is 2.70. The molecule has 0 unspecified atom stereocenters. The standard InChI is InChI=1S/C18H22N2O.2ClH/c1-15-13-19-11-12-20(15)17-7-9-18(10-8-17)21-14-16-5-3-2-4-6-16;;/h2-10,15,19H,11-14H2,1H3;2*1H/t15-;;/m1../s1. The Kier molecular flexibility index (Phi) is 8.24. The van der Waals surface area contributed by atoms with Crippen LogP contribution < -0.4 is 15.0 Å². The lowest BCUT2D eigenvalue weighted by molar-refractivity contribution is 0.306. The van der Waals surface area contributed by atoms with E-state index in [1.807, 2.05) is 18.2 Å². The largest absolute Gasteiger partial charge is 0.489 e. The van der Waals surface area contributed by atoms with Gasteiger partial charge in [0.1, 0.15) is 12.4 Å². The number of hydrogen-bond donors (Lipinski definition) is 1. The first kappa shape index (κ1) is 19.6. The smallest absolute Gasteiger partial charge is 0.119 e. The molecule has 0 aliphatic carbocycles. The molecule has 0 amide bonds. The van der Waals surface area contributed by atoms with E-state index in [0.29, 0.717) is 12.6 Å². The third-order valence-electron chi connectivity index (χ3n) is 3.92. The van der Waals surface area contributed by atoms with Gasteiger partial charge >= 0.3 is 0 Å². The van der Waals surface area contributed by atoms with E-state index in [0.717, 1.165) is 25.4 Å². The number of ether oxygens (including phenoxy) is 1. The highest BCUT2D eigenvalue weighted by Gasteiger charge is 2.17. The number of nitrogens with zero attached hydrogens (tertiary/aromatic N) is 1. The summed E-state index contributed by atoms with van der Waals surface area (Å²) in [7, 11) is 0. The lowest BCUT2D eigenvalue weighted by atomic mass is 10.2. The van der Waals surface area contributed by atoms with Crippen LogP contribution in [0.3, 0.4) is 0 Å². The van der Waals surface area contributed by atoms with Crippen LogP contribution >= 0.6 is 24.8 Å². The van der Waals surface area contributed by atoms with Gasteiger partial charge in [0.05, 0.1) is 0 Å². The maximum atomic E-state index is 5.83. The minimum atomic E-state index is 0. The van der Waals surface area contributed by atoms with E-state index in [1.54, 1.807) is 0 Å². The van der Waals surface area contributed by atoms with Crippen LogP contribution in [0.5, 0.6) is 5.75 Å². The van der Waals surface area contributed by atoms with Gasteiger partial charge in [-0.05, 0) is 36.8 Å². The highest BCUT2D eigenvalue weighted by molar-refractivity contribution is 5.85. The van der Waals surface area contributed by atoms with Crippen molar-refractivity contribution in [3.63, 3.8) is 0 Å². The SMILES string of the molecule is C[C@@H]1CNCCN1c1ccc(OCc2ccccc2)cc1.Cl.Cl. The van der Waals surface area contributed by atoms with Gasteiger partial charge in [0, 0.05) is 31.4 Å². The summed E-state index contributed by atoms with van der Waals surface area (Å²) in [6.45, 7) is 6.03. The van der Waals surface area contributed by atoms with Crippen molar-refractivity contribution in [1.82, 2.24) is 5.32 Å². The lowest BCUT2D eigenvalue weighted by Gasteiger charge is -2.35. The highest BCUT2D eigenvalue weighted by atomic mass is 35.5. The lowest BCUT2D eigenvalue weighted by Crippen LogP contribution is -2.49. The maximum Gasteiger partial charge on any atom is 0.119 e. The quantitative estimate of drug-likeness (QED) is 0.900. The minimum Gasteiger partial charge on any atom is -0.489 e. The molecule has 5 heteroatoms. The number of rotatable bonds is 4. The van der Waals surface area contributed by atoms with Gasteiger partial charge in [0.2, 0.25) is 0 Å². The summed E-state index contributed by atoms with van der Waals surface area (Å²) in [4.78, 5) is 2.44. The van der Waals surface area contributed by atoms with Gasteiger partial charge < -0.3 is 15.0 Å². The summed E-state index contributed by atoms with van der Waals surface area (Å²) in [6.07, 6.45) is 0. The van der Waals surface area contributed by atoms with Crippen LogP contribution in [0.1, 0.15) is 12.5 Å². The fraction of sp³-hybridized carbons (Fsp3) is 0.333. The van der Waals surface area contributed by atoms with Crippen LogP contribution in [-0.4, -0.2) is 25.7 Å². The Morgan fingerprint density at radius 1 is 1.04 bits per heavy atom. The molecule has 1 atom stereocenters. The first-order chi connectivity index (χ1) is 10.3. The topological polar surface area (TPSA) is 24.5 Å². The zero-order valence-electron chi connectivity index (χ0n) is 13.3. The molecule has 0 saturated carbocycles. The third kappa shape index (κ3) is 5.31. The Morgan fingerprint density at radius 3 is 2.39 bits per heavy atom. The van der Waals surface area contributed by atoms with E-state index in [9.17, 15) is 0 Å². The molecule has 1 aliphatic rings. The molecule has 0 aromatic heterocycles. The molecule has 1 heterocycles. The molecule has 3 nitrogen and oxygen atoms in total. The van der Waals surface area contributed by atoms with Crippen LogP contribution in [0.15, 0.2) is 54.6 Å². The molecule has 1 saturated heterocycles. The van der Waals surface area contributed by atoms with Gasteiger partial charge in [-0.25, -0.2) is 0 Å². The molecule has 2 aromatic rings. The van der Waals surface area contributed by atoms with Crippen molar-refractivity contribution in [1.29, 1.82) is 0 Å². The Hall–Kier alpha value is -1.42. The summed E-state index contributed by atoms with van der Waals surface area (Å²) < 4.78 is 5.83. The van der Waals surface area contributed by atoms with Crippen molar-refractivity contribution < 1.29 is 4.74 Å². The van der Waals surface area contributed by atoms with E-state index in [4.69, 9.17) is 4.74 Å². The number of piperazine rings is 1. The number of nitrogens with one attached hydrogen (secondary N) is 1. The second-order valence-electron chi connectivity index (χ2n) is 5.51. The Balaban J connectivity index is 0.00000132. The third-order valence-corrected chi connectivity index (χ3v) is 3.92. The van der Waals surface area contributed by atoms with Gasteiger partial charge in [-0.15, -0.1) is 24.8 Å². The van der Waals surface area contributed by atoms with Crippen molar-refractivity contribution in [3.8, 4) is 5.75 Å². The van der Waals surface area contributed by atoms with E-state index in [1.165, 1.54) is 11.3 Å². The van der Waals surface area contributed by atoms with Crippen LogP contribution in [0.25, 0.3) is 0 Å². The molecular weight excluding hydrogens is 331 g/mol. The van der Waals surface area contributed by atoms with Gasteiger partial charge in [-0.3, -0.25) is 0 Å². The van der Waals surface area contributed by atoms with Crippen molar-refractivity contribution in [2.45, 2.75) is 19.6 Å². The van der Waals surface area contributed by atoms with Crippen molar-refractivity contribution in [2.75, 3.05) is 24.5 Å². The first-order valence-corrected chi connectivity index (χ1v) is 7.57. The molecule has 23 heavy (non-hydrogen) atoms. The zero-order chi connectivity index (χ0) is 14.5. The summed E-state index contributed by atoms with van der Waals surface area (Å²) >= 11 is 0. The average molecular weight is 355 g/mol. The highest BCUT2D eigenvalue weighted by Crippen LogP contribution is 2.22. The molecule has 3 rings (SSSR count). The molecule has 126 valence electrons. The summed E-state index contributed by atoms with van der Waals surface area (Å²) in [5, 5.41) is 3.42. The number of benzene rings is 2. The predicted molar refractivity (Wildman–Crippen MR) is 101 cm³/mol. The maximum absolute atomic E-state index is 5.83. The molecule has 2 aromatic carbocycles. The van der Waals surface area contributed by atoms with Gasteiger partial charge in [-0.1, -0.05) is 30.3 Å². The molecule has 0 radical (unpaired) electrons. The minimum absolute atomic E-state index is 0. The monoisotopic (exact) mass is 354 g/mol. The average Bonchev–Trinajstić information content (AvgIpc) is 2.55. The predicted octanol–water partition coefficient (Wildman–Crippen LogP) is 3.91. The second kappa shape index (κ2) is 9.66. The van der Waals surface area contributed by atoms with E-state index in [2.05, 4.69) is 53.5 Å². The second-order valence-corrected chi connectivity index (χ2v) is 5.51. The van der Waals surface area contributed by atoms with Crippen LogP contribution in [-0.2, 0) is 6.61 Å². The summed E-state index contributed by atoms with van der Waals surface area (Å²) in [5.74, 6) is 0.922. The Labute approximate surface area is 150 Å². The normalized spacial score (nSPS) is 16.9. The van der Waals surface area contributed by atoms with Crippen molar-refractivity contribution in [2.24, 2.45) is 0 Å². The van der Waals surface area contributed by atoms with Gasteiger partial charge in [0.15, 0.2) is 0 Å². The number of halogens is 2. The summed E-state index contributed by atoms with van der Waals surface area (Å²) in [6, 6.07) is 19.2. The molecule has 0 spiro atoms. The molecule has 0 bridgehead atoms. The number of hydrogen-bond acceptors (Lipinski definition) is 3. The molecule has 1 fully saturated rings. The zero-order valence-corrected chi connectivity index (χ0v) is 14.9. The van der Waals surface area contributed by atoms with Crippen molar-refractivity contribution >= 4 is 30.5 Å². The Bertz CT molecular complexity index is 563. The van der Waals surface area contributed by atoms with Gasteiger partial charge in [0.25, 0.3) is 0 Å². The van der Waals surface area contributed by atoms with E-state index in [-0.39, 0.29) is 24.8 Å². The van der Waals surface area contributed by atoms with Crippen LogP contribution in [0, 0.1) is 0 Å². The number of anilines is 1. The first-order valence-electron chi connectivity index (χ1n) is 7.57.